The van der Waals surface area contributed by atoms with Crippen molar-refractivity contribution < 1.29 is 33.5 Å². The first-order valence-electron chi connectivity index (χ1n) is 10.9. The molecule has 1 heterocycles. The number of ether oxygens (including phenoxy) is 2. The predicted octanol–water partition coefficient (Wildman–Crippen LogP) is 3.31. The van der Waals surface area contributed by atoms with Crippen LogP contribution in [0.15, 0.2) is 54.6 Å². The summed E-state index contributed by atoms with van der Waals surface area (Å²) >= 11 is 0. The number of amides is 3. The zero-order valence-corrected chi connectivity index (χ0v) is 19.4. The van der Waals surface area contributed by atoms with Gasteiger partial charge in [-0.25, -0.2) is 9.59 Å². The molecule has 0 aromatic heterocycles. The summed E-state index contributed by atoms with van der Waals surface area (Å²) in [6.07, 6.45) is -0.847. The number of benzene rings is 2. The van der Waals surface area contributed by atoms with E-state index >= 15 is 0 Å². The molecule has 9 heteroatoms. The van der Waals surface area contributed by atoms with Crippen molar-refractivity contribution in [3.05, 3.63) is 65.7 Å². The second kappa shape index (κ2) is 10.8. The number of carbonyl (C=O) groups is 4. The van der Waals surface area contributed by atoms with Crippen molar-refractivity contribution >= 4 is 23.9 Å². The quantitative estimate of drug-likeness (QED) is 0.592. The van der Waals surface area contributed by atoms with Gasteiger partial charge in [-0.1, -0.05) is 42.5 Å². The van der Waals surface area contributed by atoms with Crippen molar-refractivity contribution in [3.8, 4) is 5.75 Å². The molecule has 3 rings (SSSR count). The van der Waals surface area contributed by atoms with Gasteiger partial charge in [-0.05, 0) is 44.0 Å². The van der Waals surface area contributed by atoms with Gasteiger partial charge in [-0.3, -0.25) is 9.59 Å². The Bertz CT molecular complexity index is 1010. The Balaban J connectivity index is 1.68. The van der Waals surface area contributed by atoms with Gasteiger partial charge in [0, 0.05) is 19.3 Å². The average Bonchev–Trinajstić information content (AvgIpc) is 3.10. The van der Waals surface area contributed by atoms with Crippen LogP contribution < -0.4 is 10.1 Å². The fourth-order valence-electron chi connectivity index (χ4n) is 3.19. The molecule has 3 amide bonds. The summed E-state index contributed by atoms with van der Waals surface area (Å²) in [6.45, 7) is 5.80. The van der Waals surface area contributed by atoms with Crippen LogP contribution >= 0.6 is 0 Å². The molecule has 2 aromatic carbocycles. The predicted molar refractivity (Wildman–Crippen MR) is 121 cm³/mol. The summed E-state index contributed by atoms with van der Waals surface area (Å²) in [5, 5.41) is 2.93. The fourth-order valence-corrected chi connectivity index (χ4v) is 3.19. The van der Waals surface area contributed by atoms with Crippen LogP contribution in [0.5, 0.6) is 5.75 Å². The maximum Gasteiger partial charge on any atom is 0.408 e. The Labute approximate surface area is 197 Å². The van der Waals surface area contributed by atoms with Gasteiger partial charge in [0.2, 0.25) is 0 Å². The Morgan fingerprint density at radius 1 is 0.941 bits per heavy atom. The SMILES string of the molecule is CC(C)(C)Oc1ccc(C[C@H](NC(=O)OCc2ccccc2)C(=O)ON2C(=O)CCC2=O)cc1. The maximum atomic E-state index is 12.8. The van der Waals surface area contributed by atoms with E-state index in [0.717, 1.165) is 5.56 Å². The summed E-state index contributed by atoms with van der Waals surface area (Å²) in [5.41, 5.74) is 1.11. The summed E-state index contributed by atoms with van der Waals surface area (Å²) in [4.78, 5) is 53.9. The second-order valence-electron chi connectivity index (χ2n) is 8.81. The smallest absolute Gasteiger partial charge is 0.408 e. The lowest BCUT2D eigenvalue weighted by Crippen LogP contribution is -2.46. The second-order valence-corrected chi connectivity index (χ2v) is 8.81. The van der Waals surface area contributed by atoms with E-state index in [9.17, 15) is 19.2 Å². The minimum absolute atomic E-state index is 0.0103. The Morgan fingerprint density at radius 3 is 2.15 bits per heavy atom. The van der Waals surface area contributed by atoms with Gasteiger partial charge in [0.25, 0.3) is 11.8 Å². The molecule has 1 aliphatic rings. The molecule has 1 fully saturated rings. The van der Waals surface area contributed by atoms with E-state index in [1.807, 2.05) is 39.0 Å². The summed E-state index contributed by atoms with van der Waals surface area (Å²) in [5.74, 6) is -1.51. The van der Waals surface area contributed by atoms with Gasteiger partial charge in [-0.2, -0.15) is 0 Å². The number of nitrogens with one attached hydrogen (secondary N) is 1. The number of hydroxylamine groups is 2. The van der Waals surface area contributed by atoms with E-state index in [0.29, 0.717) is 16.4 Å². The Hall–Kier alpha value is -3.88. The first kappa shape index (κ1) is 24.8. The first-order valence-corrected chi connectivity index (χ1v) is 10.9. The van der Waals surface area contributed by atoms with E-state index in [4.69, 9.17) is 14.3 Å². The molecule has 1 saturated heterocycles. The number of imide groups is 1. The molecule has 9 nitrogen and oxygen atoms in total. The van der Waals surface area contributed by atoms with Gasteiger partial charge in [-0.15, -0.1) is 5.06 Å². The highest BCUT2D eigenvalue weighted by atomic mass is 16.7. The lowest BCUT2D eigenvalue weighted by Gasteiger charge is -2.22. The van der Waals surface area contributed by atoms with Gasteiger partial charge in [0.1, 0.15) is 24.0 Å². The third kappa shape index (κ3) is 7.33. The van der Waals surface area contributed by atoms with E-state index in [1.165, 1.54) is 0 Å². The summed E-state index contributed by atoms with van der Waals surface area (Å²) in [7, 11) is 0. The highest BCUT2D eigenvalue weighted by molar-refractivity contribution is 6.01. The monoisotopic (exact) mass is 468 g/mol. The van der Waals surface area contributed by atoms with E-state index < -0.39 is 29.9 Å². The molecular formula is C25H28N2O7. The summed E-state index contributed by atoms with van der Waals surface area (Å²) in [6, 6.07) is 14.9. The van der Waals surface area contributed by atoms with Crippen LogP contribution in [-0.4, -0.2) is 40.6 Å². The highest BCUT2D eigenvalue weighted by Gasteiger charge is 2.35. The van der Waals surface area contributed by atoms with E-state index in [1.54, 1.807) is 36.4 Å². The highest BCUT2D eigenvalue weighted by Crippen LogP contribution is 2.20. The third-order valence-electron chi connectivity index (χ3n) is 4.76. The molecule has 1 atom stereocenters. The molecular weight excluding hydrogens is 440 g/mol. The molecule has 2 aromatic rings. The van der Waals surface area contributed by atoms with Gasteiger partial charge in [0.05, 0.1) is 0 Å². The van der Waals surface area contributed by atoms with Gasteiger partial charge < -0.3 is 19.6 Å². The lowest BCUT2D eigenvalue weighted by atomic mass is 10.1. The minimum Gasteiger partial charge on any atom is -0.488 e. The number of hydrogen-bond acceptors (Lipinski definition) is 7. The van der Waals surface area contributed by atoms with Crippen LogP contribution in [0.2, 0.25) is 0 Å². The topological polar surface area (TPSA) is 111 Å². The largest absolute Gasteiger partial charge is 0.488 e. The standard InChI is InChI=1S/C25H28N2O7/c1-25(2,3)33-19-11-9-17(10-12-19)15-20(23(30)34-27-21(28)13-14-22(27)29)26-24(31)32-16-18-7-5-4-6-8-18/h4-12,20H,13-16H2,1-3H3,(H,26,31)/t20-/m0/s1. The van der Waals surface area contributed by atoms with Crippen molar-refractivity contribution in [2.75, 3.05) is 0 Å². The van der Waals surface area contributed by atoms with E-state index in [2.05, 4.69) is 5.32 Å². The van der Waals surface area contributed by atoms with Crippen LogP contribution in [0.1, 0.15) is 44.7 Å². The number of hydrogen-bond donors (Lipinski definition) is 1. The van der Waals surface area contributed by atoms with Crippen LogP contribution in [-0.2, 0) is 37.0 Å². The van der Waals surface area contributed by atoms with Crippen LogP contribution in [0.3, 0.4) is 0 Å². The zero-order valence-electron chi connectivity index (χ0n) is 19.4. The van der Waals surface area contributed by atoms with Crippen molar-refractivity contribution in [2.45, 2.75) is 58.3 Å². The number of rotatable bonds is 8. The van der Waals surface area contributed by atoms with Gasteiger partial charge in [0.15, 0.2) is 0 Å². The number of carbonyl (C=O) groups excluding carboxylic acids is 4. The van der Waals surface area contributed by atoms with Gasteiger partial charge >= 0.3 is 12.1 Å². The van der Waals surface area contributed by atoms with Crippen molar-refractivity contribution in [1.82, 2.24) is 10.4 Å². The maximum absolute atomic E-state index is 12.8. The molecule has 34 heavy (non-hydrogen) atoms. The molecule has 0 aliphatic carbocycles. The minimum atomic E-state index is -1.20. The molecule has 1 N–H and O–H groups in total. The third-order valence-corrected chi connectivity index (χ3v) is 4.76. The normalized spacial score (nSPS) is 14.5. The van der Waals surface area contributed by atoms with Crippen molar-refractivity contribution in [1.29, 1.82) is 0 Å². The summed E-state index contributed by atoms with van der Waals surface area (Å²) < 4.78 is 11.0. The Morgan fingerprint density at radius 2 is 1.56 bits per heavy atom. The van der Waals surface area contributed by atoms with Crippen LogP contribution in [0.4, 0.5) is 4.79 Å². The molecule has 0 unspecified atom stereocenters. The number of nitrogens with zero attached hydrogens (tertiary/aromatic N) is 1. The van der Waals surface area contributed by atoms with Crippen molar-refractivity contribution in [2.24, 2.45) is 0 Å². The molecule has 0 bridgehead atoms. The number of alkyl carbamates (subject to hydrolysis) is 1. The average molecular weight is 469 g/mol. The lowest BCUT2D eigenvalue weighted by molar-refractivity contribution is -0.198. The molecule has 0 spiro atoms. The van der Waals surface area contributed by atoms with Crippen molar-refractivity contribution in [3.63, 3.8) is 0 Å². The van der Waals surface area contributed by atoms with E-state index in [-0.39, 0.29) is 31.5 Å². The zero-order chi connectivity index (χ0) is 24.7. The van der Waals surface area contributed by atoms with Crippen LogP contribution in [0, 0.1) is 0 Å². The molecule has 0 radical (unpaired) electrons. The molecule has 1 aliphatic heterocycles. The Kier molecular flexibility index (Phi) is 7.88. The molecule has 180 valence electrons. The first-order chi connectivity index (χ1) is 16.1. The molecule has 0 saturated carbocycles. The fraction of sp³-hybridized carbons (Fsp3) is 0.360. The van der Waals surface area contributed by atoms with Crippen LogP contribution in [0.25, 0.3) is 0 Å².